The van der Waals surface area contributed by atoms with E-state index in [0.717, 1.165) is 32.6 Å². The Morgan fingerprint density at radius 1 is 1.32 bits per heavy atom. The molecule has 19 heavy (non-hydrogen) atoms. The lowest BCUT2D eigenvalue weighted by Gasteiger charge is -2.40. The Hall–Kier alpha value is -1.55. The minimum atomic E-state index is 0.0591. The number of likely N-dealkylation sites (N-methyl/N-ethyl adjacent to an activating group) is 1. The summed E-state index contributed by atoms with van der Waals surface area (Å²) in [5.74, 6) is 0. The van der Waals surface area contributed by atoms with Crippen LogP contribution in [0.15, 0.2) is 30.3 Å². The van der Waals surface area contributed by atoms with Gasteiger partial charge in [0.15, 0.2) is 0 Å². The highest BCUT2D eigenvalue weighted by molar-refractivity contribution is 5.75. The number of piperazine rings is 1. The van der Waals surface area contributed by atoms with Gasteiger partial charge in [0, 0.05) is 26.2 Å². The molecule has 104 valence electrons. The van der Waals surface area contributed by atoms with Gasteiger partial charge in [-0.3, -0.25) is 0 Å². The highest BCUT2D eigenvalue weighted by Crippen LogP contribution is 2.24. The number of amides is 2. The van der Waals surface area contributed by atoms with E-state index in [1.54, 1.807) is 0 Å². The van der Waals surface area contributed by atoms with Gasteiger partial charge in [-0.25, -0.2) is 4.79 Å². The van der Waals surface area contributed by atoms with Crippen LogP contribution in [0, 0.1) is 0 Å². The summed E-state index contributed by atoms with van der Waals surface area (Å²) in [6, 6.07) is 10.5. The molecule has 2 rings (SSSR count). The standard InChI is InChI=1S/C15H23N3O/c1-3-9-16-15(19)18-11-10-17(2)12-14(18)13-7-5-4-6-8-13/h4-8,14H,3,9-12H2,1-2H3,(H,16,19). The van der Waals surface area contributed by atoms with Crippen molar-refractivity contribution < 1.29 is 4.79 Å². The zero-order chi connectivity index (χ0) is 13.7. The fourth-order valence-corrected chi connectivity index (χ4v) is 2.46. The molecule has 1 aromatic carbocycles. The summed E-state index contributed by atoms with van der Waals surface area (Å²) in [7, 11) is 2.11. The first-order valence-electron chi connectivity index (χ1n) is 7.00. The van der Waals surface area contributed by atoms with Gasteiger partial charge < -0.3 is 15.1 Å². The molecule has 0 bridgehead atoms. The molecule has 0 spiro atoms. The van der Waals surface area contributed by atoms with E-state index < -0.39 is 0 Å². The molecule has 1 heterocycles. The number of benzene rings is 1. The Balaban J connectivity index is 2.13. The largest absolute Gasteiger partial charge is 0.338 e. The second-order valence-electron chi connectivity index (χ2n) is 5.11. The Labute approximate surface area is 115 Å². The topological polar surface area (TPSA) is 35.6 Å². The van der Waals surface area contributed by atoms with E-state index in [9.17, 15) is 4.79 Å². The number of nitrogens with one attached hydrogen (secondary N) is 1. The quantitative estimate of drug-likeness (QED) is 0.904. The third kappa shape index (κ3) is 3.47. The SMILES string of the molecule is CCCNC(=O)N1CCN(C)CC1c1ccccc1. The van der Waals surface area contributed by atoms with E-state index in [-0.39, 0.29) is 12.1 Å². The summed E-state index contributed by atoms with van der Waals surface area (Å²) in [6.07, 6.45) is 0.968. The first-order chi connectivity index (χ1) is 9.22. The van der Waals surface area contributed by atoms with Crippen LogP contribution in [0.1, 0.15) is 24.9 Å². The van der Waals surface area contributed by atoms with Crippen molar-refractivity contribution in [2.45, 2.75) is 19.4 Å². The number of hydrogen-bond donors (Lipinski definition) is 1. The average molecular weight is 261 g/mol. The van der Waals surface area contributed by atoms with E-state index in [2.05, 4.69) is 36.3 Å². The molecule has 1 aliphatic rings. The molecule has 0 radical (unpaired) electrons. The number of carbonyl (C=O) groups excluding carboxylic acids is 1. The zero-order valence-electron chi connectivity index (χ0n) is 11.8. The molecule has 1 unspecified atom stereocenters. The predicted molar refractivity (Wildman–Crippen MR) is 77.1 cm³/mol. The maximum Gasteiger partial charge on any atom is 0.318 e. The van der Waals surface area contributed by atoms with Gasteiger partial charge >= 0.3 is 6.03 Å². The fourth-order valence-electron chi connectivity index (χ4n) is 2.46. The van der Waals surface area contributed by atoms with E-state index >= 15 is 0 Å². The summed E-state index contributed by atoms with van der Waals surface area (Å²) in [5, 5.41) is 2.99. The maximum atomic E-state index is 12.2. The maximum absolute atomic E-state index is 12.2. The highest BCUT2D eigenvalue weighted by atomic mass is 16.2. The van der Waals surface area contributed by atoms with Crippen LogP contribution in [-0.4, -0.2) is 49.1 Å². The van der Waals surface area contributed by atoms with Crippen molar-refractivity contribution in [3.05, 3.63) is 35.9 Å². The number of carbonyl (C=O) groups is 1. The Bertz CT molecular complexity index is 407. The molecule has 0 saturated carbocycles. The number of nitrogens with zero attached hydrogens (tertiary/aromatic N) is 2. The number of urea groups is 1. The highest BCUT2D eigenvalue weighted by Gasteiger charge is 2.29. The Morgan fingerprint density at radius 2 is 2.05 bits per heavy atom. The van der Waals surface area contributed by atoms with Crippen molar-refractivity contribution >= 4 is 6.03 Å². The molecule has 1 fully saturated rings. The van der Waals surface area contributed by atoms with Gasteiger partial charge in [-0.15, -0.1) is 0 Å². The summed E-state index contributed by atoms with van der Waals surface area (Å²) in [5.41, 5.74) is 1.21. The summed E-state index contributed by atoms with van der Waals surface area (Å²) in [6.45, 7) is 5.42. The van der Waals surface area contributed by atoms with Crippen LogP contribution in [0.3, 0.4) is 0 Å². The monoisotopic (exact) mass is 261 g/mol. The molecule has 4 nitrogen and oxygen atoms in total. The first kappa shape index (κ1) is 13.9. The van der Waals surface area contributed by atoms with Gasteiger partial charge in [0.25, 0.3) is 0 Å². The first-order valence-corrected chi connectivity index (χ1v) is 7.00. The van der Waals surface area contributed by atoms with E-state index in [4.69, 9.17) is 0 Å². The second-order valence-corrected chi connectivity index (χ2v) is 5.11. The van der Waals surface area contributed by atoms with Gasteiger partial charge in [-0.1, -0.05) is 37.3 Å². The van der Waals surface area contributed by atoms with Crippen molar-refractivity contribution in [1.82, 2.24) is 15.1 Å². The lowest BCUT2D eigenvalue weighted by atomic mass is 10.0. The average Bonchev–Trinajstić information content (AvgIpc) is 2.45. The third-order valence-electron chi connectivity index (χ3n) is 3.55. The van der Waals surface area contributed by atoms with Crippen molar-refractivity contribution in [3.63, 3.8) is 0 Å². The third-order valence-corrected chi connectivity index (χ3v) is 3.55. The normalized spacial score (nSPS) is 20.3. The summed E-state index contributed by atoms with van der Waals surface area (Å²) >= 11 is 0. The Kier molecular flexibility index (Phi) is 4.80. The lowest BCUT2D eigenvalue weighted by Crippen LogP contribution is -2.52. The van der Waals surface area contributed by atoms with Gasteiger partial charge in [0.2, 0.25) is 0 Å². The van der Waals surface area contributed by atoms with Crippen LogP contribution in [0.4, 0.5) is 4.79 Å². The minimum absolute atomic E-state index is 0.0591. The van der Waals surface area contributed by atoms with Gasteiger partial charge in [0.1, 0.15) is 0 Å². The van der Waals surface area contributed by atoms with Crippen molar-refractivity contribution in [3.8, 4) is 0 Å². The van der Waals surface area contributed by atoms with Gasteiger partial charge in [-0.05, 0) is 19.0 Å². The second kappa shape index (κ2) is 6.57. The van der Waals surface area contributed by atoms with Crippen LogP contribution in [-0.2, 0) is 0 Å². The van der Waals surface area contributed by atoms with Crippen molar-refractivity contribution in [2.75, 3.05) is 33.2 Å². The molecule has 0 aliphatic carbocycles. The smallest absolute Gasteiger partial charge is 0.318 e. The van der Waals surface area contributed by atoms with E-state index in [0.29, 0.717) is 0 Å². The number of rotatable bonds is 3. The van der Waals surface area contributed by atoms with Crippen LogP contribution >= 0.6 is 0 Å². The van der Waals surface area contributed by atoms with E-state index in [1.165, 1.54) is 5.56 Å². The fraction of sp³-hybridized carbons (Fsp3) is 0.533. The van der Waals surface area contributed by atoms with Gasteiger partial charge in [-0.2, -0.15) is 0 Å². The lowest BCUT2D eigenvalue weighted by molar-refractivity contribution is 0.109. The summed E-state index contributed by atoms with van der Waals surface area (Å²) < 4.78 is 0. The van der Waals surface area contributed by atoms with E-state index in [1.807, 2.05) is 23.1 Å². The molecule has 0 aromatic heterocycles. The molecular weight excluding hydrogens is 238 g/mol. The van der Waals surface area contributed by atoms with Crippen LogP contribution < -0.4 is 5.32 Å². The van der Waals surface area contributed by atoms with Crippen molar-refractivity contribution in [1.29, 1.82) is 0 Å². The van der Waals surface area contributed by atoms with Crippen LogP contribution in [0.5, 0.6) is 0 Å². The molecule has 1 atom stereocenters. The molecule has 4 heteroatoms. The summed E-state index contributed by atoms with van der Waals surface area (Å²) in [4.78, 5) is 16.5. The molecular formula is C15H23N3O. The molecule has 1 saturated heterocycles. The molecule has 1 aromatic rings. The molecule has 2 amide bonds. The van der Waals surface area contributed by atoms with Crippen LogP contribution in [0.2, 0.25) is 0 Å². The number of hydrogen-bond acceptors (Lipinski definition) is 2. The molecule has 1 aliphatic heterocycles. The minimum Gasteiger partial charge on any atom is -0.338 e. The molecule has 1 N–H and O–H groups in total. The Morgan fingerprint density at radius 3 is 2.74 bits per heavy atom. The van der Waals surface area contributed by atoms with Gasteiger partial charge in [0.05, 0.1) is 6.04 Å². The van der Waals surface area contributed by atoms with Crippen molar-refractivity contribution in [2.24, 2.45) is 0 Å². The predicted octanol–water partition coefficient (Wildman–Crippen LogP) is 2.09. The van der Waals surface area contributed by atoms with Crippen LogP contribution in [0.25, 0.3) is 0 Å². The zero-order valence-corrected chi connectivity index (χ0v) is 11.8.